The van der Waals surface area contributed by atoms with Gasteiger partial charge in [-0.05, 0) is 29.8 Å². The van der Waals surface area contributed by atoms with Gasteiger partial charge < -0.3 is 10.1 Å². The zero-order chi connectivity index (χ0) is 15.6. The summed E-state index contributed by atoms with van der Waals surface area (Å²) in [6, 6.07) is 16.1. The van der Waals surface area contributed by atoms with Crippen LogP contribution in [0.4, 0.5) is 5.82 Å². The van der Waals surface area contributed by atoms with E-state index in [-0.39, 0.29) is 0 Å². The molecule has 0 saturated heterocycles. The highest BCUT2D eigenvalue weighted by atomic mass is 16.5. The summed E-state index contributed by atoms with van der Waals surface area (Å²) in [5.41, 5.74) is 4.13. The van der Waals surface area contributed by atoms with Gasteiger partial charge in [0.15, 0.2) is 5.82 Å². The summed E-state index contributed by atoms with van der Waals surface area (Å²) < 4.78 is 7.24. The molecule has 114 valence electrons. The number of aromatic nitrogens is 3. The lowest BCUT2D eigenvalue weighted by molar-refractivity contribution is 0.414. The quantitative estimate of drug-likeness (QED) is 0.627. The van der Waals surface area contributed by atoms with E-state index in [2.05, 4.69) is 14.7 Å². The van der Waals surface area contributed by atoms with Crippen LogP contribution in [-0.4, -0.2) is 21.5 Å². The van der Waals surface area contributed by atoms with E-state index in [1.807, 2.05) is 61.1 Å². The number of anilines is 1. The maximum atomic E-state index is 5.18. The van der Waals surface area contributed by atoms with E-state index in [9.17, 15) is 0 Å². The van der Waals surface area contributed by atoms with Crippen molar-refractivity contribution in [2.24, 2.45) is 0 Å². The Balaban J connectivity index is 1.68. The minimum Gasteiger partial charge on any atom is -0.497 e. The fourth-order valence-corrected chi connectivity index (χ4v) is 2.66. The number of nitrogens with zero attached hydrogens (tertiary/aromatic N) is 3. The van der Waals surface area contributed by atoms with Gasteiger partial charge in [0, 0.05) is 6.54 Å². The minimum atomic E-state index is 0.691. The van der Waals surface area contributed by atoms with Crippen LogP contribution in [0.2, 0.25) is 0 Å². The molecule has 4 rings (SSSR count). The minimum absolute atomic E-state index is 0.691. The molecular weight excluding hydrogens is 288 g/mol. The Hall–Kier alpha value is -3.08. The molecule has 2 aromatic carbocycles. The molecule has 0 saturated carbocycles. The number of para-hydroxylation sites is 2. The smallest absolute Gasteiger partial charge is 0.153 e. The van der Waals surface area contributed by atoms with E-state index in [0.29, 0.717) is 6.54 Å². The van der Waals surface area contributed by atoms with Crippen LogP contribution in [0.3, 0.4) is 0 Å². The molecule has 0 spiro atoms. The zero-order valence-corrected chi connectivity index (χ0v) is 12.7. The SMILES string of the molecule is COc1ccc(CNc2nc3ccccc3n3cncc23)cc1. The van der Waals surface area contributed by atoms with Gasteiger partial charge >= 0.3 is 0 Å². The van der Waals surface area contributed by atoms with Gasteiger partial charge in [-0.2, -0.15) is 0 Å². The van der Waals surface area contributed by atoms with E-state index in [1.165, 1.54) is 5.56 Å². The molecule has 0 radical (unpaired) electrons. The molecule has 0 atom stereocenters. The summed E-state index contributed by atoms with van der Waals surface area (Å²) in [6.07, 6.45) is 3.65. The normalized spacial score (nSPS) is 11.0. The van der Waals surface area contributed by atoms with Gasteiger partial charge in [-0.3, -0.25) is 4.40 Å². The maximum Gasteiger partial charge on any atom is 0.153 e. The molecule has 4 aromatic rings. The monoisotopic (exact) mass is 304 g/mol. The van der Waals surface area contributed by atoms with Crippen LogP contribution >= 0.6 is 0 Å². The standard InChI is InChI=1S/C18H16N4O/c1-23-14-8-6-13(7-9-14)10-20-18-17-11-19-12-22(17)16-5-3-2-4-15(16)21-18/h2-9,11-12H,10H2,1H3,(H,20,21). The zero-order valence-electron chi connectivity index (χ0n) is 12.7. The topological polar surface area (TPSA) is 51.5 Å². The molecule has 0 aliphatic rings. The molecule has 0 bridgehead atoms. The number of fused-ring (bicyclic) bond motifs is 3. The van der Waals surface area contributed by atoms with E-state index in [0.717, 1.165) is 28.1 Å². The molecule has 2 aromatic heterocycles. The Labute approximate surface area is 133 Å². The molecule has 0 unspecified atom stereocenters. The largest absolute Gasteiger partial charge is 0.497 e. The highest BCUT2D eigenvalue weighted by Gasteiger charge is 2.08. The first kappa shape index (κ1) is 13.6. The molecule has 0 fully saturated rings. The Morgan fingerprint density at radius 1 is 1.04 bits per heavy atom. The summed E-state index contributed by atoms with van der Waals surface area (Å²) >= 11 is 0. The number of methoxy groups -OCH3 is 1. The molecular formula is C18H16N4O. The van der Waals surface area contributed by atoms with Gasteiger partial charge in [0.05, 0.1) is 30.7 Å². The van der Waals surface area contributed by atoms with E-state index in [4.69, 9.17) is 9.72 Å². The first-order valence-electron chi connectivity index (χ1n) is 7.43. The maximum absolute atomic E-state index is 5.18. The predicted molar refractivity (Wildman–Crippen MR) is 90.8 cm³/mol. The lowest BCUT2D eigenvalue weighted by Crippen LogP contribution is -2.04. The number of hydrogen-bond acceptors (Lipinski definition) is 4. The number of ether oxygens (including phenoxy) is 1. The number of imidazole rings is 1. The average Bonchev–Trinajstić information content (AvgIpc) is 3.10. The molecule has 0 amide bonds. The van der Waals surface area contributed by atoms with Crippen LogP contribution in [0.15, 0.2) is 61.1 Å². The first-order chi connectivity index (χ1) is 11.3. The van der Waals surface area contributed by atoms with Gasteiger partial charge in [0.25, 0.3) is 0 Å². The summed E-state index contributed by atoms with van der Waals surface area (Å²) in [5, 5.41) is 3.41. The van der Waals surface area contributed by atoms with Crippen molar-refractivity contribution in [2.45, 2.75) is 6.54 Å². The Bertz CT molecular complexity index is 960. The van der Waals surface area contributed by atoms with E-state index >= 15 is 0 Å². The molecule has 5 heteroatoms. The van der Waals surface area contributed by atoms with Crippen LogP contribution in [0.5, 0.6) is 5.75 Å². The van der Waals surface area contributed by atoms with Crippen molar-refractivity contribution < 1.29 is 4.74 Å². The van der Waals surface area contributed by atoms with Crippen LogP contribution < -0.4 is 10.1 Å². The summed E-state index contributed by atoms with van der Waals surface area (Å²) in [5.74, 6) is 1.69. The molecule has 5 nitrogen and oxygen atoms in total. The Morgan fingerprint density at radius 2 is 1.87 bits per heavy atom. The van der Waals surface area contributed by atoms with Gasteiger partial charge in [-0.25, -0.2) is 9.97 Å². The van der Waals surface area contributed by atoms with Crippen molar-refractivity contribution >= 4 is 22.4 Å². The van der Waals surface area contributed by atoms with Crippen LogP contribution in [0, 0.1) is 0 Å². The van der Waals surface area contributed by atoms with Gasteiger partial charge in [-0.1, -0.05) is 24.3 Å². The van der Waals surface area contributed by atoms with E-state index in [1.54, 1.807) is 7.11 Å². The molecule has 23 heavy (non-hydrogen) atoms. The lowest BCUT2D eigenvalue weighted by Gasteiger charge is -2.10. The Morgan fingerprint density at radius 3 is 2.70 bits per heavy atom. The van der Waals surface area contributed by atoms with Crippen molar-refractivity contribution in [2.75, 3.05) is 12.4 Å². The van der Waals surface area contributed by atoms with Crippen LogP contribution in [0.1, 0.15) is 5.56 Å². The third kappa shape index (κ3) is 2.46. The van der Waals surface area contributed by atoms with Gasteiger partial charge in [-0.15, -0.1) is 0 Å². The Kier molecular flexibility index (Phi) is 3.31. The van der Waals surface area contributed by atoms with Crippen LogP contribution in [0.25, 0.3) is 16.6 Å². The fraction of sp³-hybridized carbons (Fsp3) is 0.111. The van der Waals surface area contributed by atoms with Crippen molar-refractivity contribution in [1.82, 2.24) is 14.4 Å². The van der Waals surface area contributed by atoms with Gasteiger partial charge in [0.1, 0.15) is 11.3 Å². The lowest BCUT2D eigenvalue weighted by atomic mass is 10.2. The van der Waals surface area contributed by atoms with Crippen molar-refractivity contribution in [3.05, 3.63) is 66.6 Å². The van der Waals surface area contributed by atoms with Gasteiger partial charge in [0.2, 0.25) is 0 Å². The summed E-state index contributed by atoms with van der Waals surface area (Å²) in [6.45, 7) is 0.691. The van der Waals surface area contributed by atoms with Crippen molar-refractivity contribution in [3.8, 4) is 5.75 Å². The second-order valence-electron chi connectivity index (χ2n) is 5.30. The van der Waals surface area contributed by atoms with Crippen molar-refractivity contribution in [3.63, 3.8) is 0 Å². The average molecular weight is 304 g/mol. The third-order valence-corrected chi connectivity index (χ3v) is 3.87. The highest BCUT2D eigenvalue weighted by molar-refractivity contribution is 5.84. The second kappa shape index (κ2) is 5.61. The van der Waals surface area contributed by atoms with Crippen LogP contribution in [-0.2, 0) is 6.54 Å². The summed E-state index contributed by atoms with van der Waals surface area (Å²) in [4.78, 5) is 8.98. The fourth-order valence-electron chi connectivity index (χ4n) is 2.66. The van der Waals surface area contributed by atoms with Crippen molar-refractivity contribution in [1.29, 1.82) is 0 Å². The molecule has 1 N–H and O–H groups in total. The summed E-state index contributed by atoms with van der Waals surface area (Å²) in [7, 11) is 1.67. The molecule has 0 aliphatic heterocycles. The number of benzene rings is 2. The first-order valence-corrected chi connectivity index (χ1v) is 7.43. The molecule has 2 heterocycles. The predicted octanol–water partition coefficient (Wildman–Crippen LogP) is 3.50. The van der Waals surface area contributed by atoms with E-state index < -0.39 is 0 Å². The number of nitrogens with one attached hydrogen (secondary N) is 1. The molecule has 0 aliphatic carbocycles. The number of rotatable bonds is 4. The number of hydrogen-bond donors (Lipinski definition) is 1. The second-order valence-corrected chi connectivity index (χ2v) is 5.30. The highest BCUT2D eigenvalue weighted by Crippen LogP contribution is 2.22. The third-order valence-electron chi connectivity index (χ3n) is 3.87.